The van der Waals surface area contributed by atoms with Crippen LogP contribution in [0, 0.1) is 5.92 Å². The van der Waals surface area contributed by atoms with E-state index >= 15 is 0 Å². The number of ketones is 1. The molecule has 1 aliphatic carbocycles. The zero-order valence-electron chi connectivity index (χ0n) is 31.9. The summed E-state index contributed by atoms with van der Waals surface area (Å²) in [7, 11) is 4.10. The molecule has 4 nitrogen and oxygen atoms in total. The summed E-state index contributed by atoms with van der Waals surface area (Å²) in [6.45, 7) is 0. The van der Waals surface area contributed by atoms with Crippen LogP contribution in [-0.2, 0) is 7.05 Å². The highest BCUT2D eigenvalue weighted by Crippen LogP contribution is 2.45. The van der Waals surface area contributed by atoms with Gasteiger partial charge in [0.2, 0.25) is 0 Å². The molecule has 10 aromatic carbocycles. The largest absolute Gasteiger partial charge is 0.366 e. The highest BCUT2D eigenvalue weighted by Gasteiger charge is 2.41. The minimum atomic E-state index is -0.368. The first-order chi connectivity index (χ1) is 28.4. The molecule has 0 fully saturated rings. The molecule has 1 aromatic heterocycles. The number of carbonyl (C=O) groups excluding carboxylic acids is 1. The van der Waals surface area contributed by atoms with Gasteiger partial charge in [-0.1, -0.05) is 115 Å². The fourth-order valence-electron chi connectivity index (χ4n) is 10.9. The lowest BCUT2D eigenvalue weighted by atomic mass is 9.76. The van der Waals surface area contributed by atoms with Crippen molar-refractivity contribution in [3.63, 3.8) is 0 Å². The van der Waals surface area contributed by atoms with Crippen LogP contribution in [0.15, 0.2) is 163 Å². The number of hydrogen-bond donors (Lipinski definition) is 0. The van der Waals surface area contributed by atoms with E-state index in [9.17, 15) is 9.59 Å². The minimum Gasteiger partial charge on any atom is -0.366 e. The standard InChI is InChI=1S/C54H34N2O2/c1-55-45-27-44-46(56(2)52-40(12-6-14-42(52)54(44)58)38-25-35-21-17-31-9-4-10-32-18-22-36(26-38)50(35)48(31)32)28-43(45)53(57)41-13-5-11-39(51(41)55)37-23-33-19-15-29-7-3-8-30-16-20-34(24-37)49(33)47(29)30/h3-28,41,51H,1-2H3. The Labute approximate surface area is 332 Å². The number of nitrogens with zero attached hydrogens (tertiary/aromatic N) is 2. The number of anilines is 1. The van der Waals surface area contributed by atoms with Gasteiger partial charge in [0, 0.05) is 41.7 Å². The molecule has 1 aliphatic heterocycles. The Bertz CT molecular complexity index is 3650. The number of pyridine rings is 1. The molecule has 2 heterocycles. The van der Waals surface area contributed by atoms with Gasteiger partial charge in [-0.2, -0.15) is 0 Å². The molecule has 4 heteroatoms. The fraction of sp³-hybridized carbons (Fsp3) is 0.0741. The normalized spacial score (nSPS) is 16.9. The summed E-state index contributed by atoms with van der Waals surface area (Å²) in [5.41, 5.74) is 7.28. The third-order valence-corrected chi connectivity index (χ3v) is 13.5. The molecule has 0 N–H and O–H groups in total. The number of Topliss-reactive ketones (excluding diaryl/α,β-unsaturated/α-hetero) is 1. The van der Waals surface area contributed by atoms with Crippen LogP contribution in [0.1, 0.15) is 15.9 Å². The lowest BCUT2D eigenvalue weighted by molar-refractivity contribution is 0.0931. The zero-order valence-corrected chi connectivity index (χ0v) is 31.9. The first-order valence-electron chi connectivity index (χ1n) is 20.0. The summed E-state index contributed by atoms with van der Waals surface area (Å²) in [5.74, 6) is -0.291. The van der Waals surface area contributed by atoms with Crippen molar-refractivity contribution in [2.24, 2.45) is 13.0 Å². The van der Waals surface area contributed by atoms with E-state index in [4.69, 9.17) is 0 Å². The van der Waals surface area contributed by atoms with Crippen molar-refractivity contribution in [1.29, 1.82) is 0 Å². The Balaban J connectivity index is 0.966. The first-order valence-corrected chi connectivity index (χ1v) is 20.0. The number of hydrogen-bond acceptors (Lipinski definition) is 3. The number of para-hydroxylation sites is 1. The maximum absolute atomic E-state index is 14.7. The molecule has 2 unspecified atom stereocenters. The SMILES string of the molecule is CN1c2cc3c(=O)c4cccc(-c5cc6ccc7cccc8ccc(c5)c6c78)c4n(C)c3cc2C(=O)C2C=CC=C(c3cc4ccc5cccc6ccc(c3)c4c56)C21. The monoisotopic (exact) mass is 742 g/mol. The van der Waals surface area contributed by atoms with Gasteiger partial charge in [0.15, 0.2) is 11.2 Å². The van der Waals surface area contributed by atoms with Crippen molar-refractivity contribution < 1.29 is 4.79 Å². The van der Waals surface area contributed by atoms with Gasteiger partial charge < -0.3 is 9.47 Å². The molecule has 13 rings (SSSR count). The third kappa shape index (κ3) is 4.08. The molecule has 0 spiro atoms. The Morgan fingerprint density at radius 2 is 1.02 bits per heavy atom. The van der Waals surface area contributed by atoms with E-state index in [0.29, 0.717) is 16.3 Å². The van der Waals surface area contributed by atoms with E-state index in [0.717, 1.165) is 39.0 Å². The maximum atomic E-state index is 14.7. The van der Waals surface area contributed by atoms with Crippen LogP contribution in [0.25, 0.3) is 103 Å². The number of likely N-dealkylation sites (N-methyl/N-ethyl adjacent to an activating group) is 1. The lowest BCUT2D eigenvalue weighted by Gasteiger charge is -2.42. The average Bonchev–Trinajstić information content (AvgIpc) is 3.27. The zero-order chi connectivity index (χ0) is 38.6. The van der Waals surface area contributed by atoms with Crippen molar-refractivity contribution in [3.05, 3.63) is 179 Å². The number of benzene rings is 10. The van der Waals surface area contributed by atoms with Crippen LogP contribution in [-0.4, -0.2) is 23.4 Å². The van der Waals surface area contributed by atoms with Crippen molar-refractivity contribution in [2.75, 3.05) is 11.9 Å². The van der Waals surface area contributed by atoms with Crippen LogP contribution < -0.4 is 10.3 Å². The van der Waals surface area contributed by atoms with Crippen LogP contribution in [0.3, 0.4) is 0 Å². The van der Waals surface area contributed by atoms with Gasteiger partial charge in [-0.15, -0.1) is 0 Å². The molecule has 0 saturated heterocycles. The predicted molar refractivity (Wildman–Crippen MR) is 243 cm³/mol. The molecule has 272 valence electrons. The summed E-state index contributed by atoms with van der Waals surface area (Å²) in [6.07, 6.45) is 6.26. The van der Waals surface area contributed by atoms with E-state index in [-0.39, 0.29) is 23.2 Å². The van der Waals surface area contributed by atoms with Crippen molar-refractivity contribution in [3.8, 4) is 11.1 Å². The van der Waals surface area contributed by atoms with Gasteiger partial charge in [0.25, 0.3) is 0 Å². The van der Waals surface area contributed by atoms with E-state index < -0.39 is 0 Å². The summed E-state index contributed by atoms with van der Waals surface area (Å²) >= 11 is 0. The number of carbonyl (C=O) groups is 1. The highest BCUT2D eigenvalue weighted by molar-refractivity contribution is 6.25. The molecule has 0 amide bonds. The van der Waals surface area contributed by atoms with Crippen LogP contribution in [0.2, 0.25) is 0 Å². The molecular formula is C54H34N2O2. The molecule has 2 aliphatic rings. The van der Waals surface area contributed by atoms with Gasteiger partial charge in [-0.25, -0.2) is 0 Å². The quantitative estimate of drug-likeness (QED) is 0.131. The number of fused-ring (bicyclic) bond motifs is 4. The molecule has 0 saturated carbocycles. The van der Waals surface area contributed by atoms with Gasteiger partial charge >= 0.3 is 0 Å². The number of aryl methyl sites for hydroxylation is 1. The van der Waals surface area contributed by atoms with Crippen molar-refractivity contribution in [1.82, 2.24) is 4.57 Å². The maximum Gasteiger partial charge on any atom is 0.197 e. The Hall–Kier alpha value is -7.30. The summed E-state index contributed by atoms with van der Waals surface area (Å²) in [6, 6.07) is 49.5. The van der Waals surface area contributed by atoms with E-state index in [2.05, 4.69) is 144 Å². The topological polar surface area (TPSA) is 42.3 Å². The molecular weight excluding hydrogens is 709 g/mol. The van der Waals surface area contributed by atoms with Gasteiger partial charge in [0.05, 0.1) is 23.0 Å². The smallest absolute Gasteiger partial charge is 0.197 e. The minimum absolute atomic E-state index is 0.0281. The van der Waals surface area contributed by atoms with E-state index in [1.807, 2.05) is 37.4 Å². The third-order valence-electron chi connectivity index (χ3n) is 13.5. The summed E-state index contributed by atoms with van der Waals surface area (Å²) in [4.78, 5) is 31.7. The van der Waals surface area contributed by atoms with Crippen LogP contribution in [0.5, 0.6) is 0 Å². The first kappa shape index (κ1) is 31.9. The summed E-state index contributed by atoms with van der Waals surface area (Å²) < 4.78 is 2.12. The van der Waals surface area contributed by atoms with Crippen LogP contribution in [0.4, 0.5) is 5.69 Å². The second kappa shape index (κ2) is 11.2. The molecule has 11 aromatic rings. The lowest BCUT2D eigenvalue weighted by Crippen LogP contribution is -2.47. The van der Waals surface area contributed by atoms with Crippen LogP contribution >= 0.6 is 0 Å². The van der Waals surface area contributed by atoms with Gasteiger partial charge in [-0.3, -0.25) is 9.59 Å². The fourth-order valence-corrected chi connectivity index (χ4v) is 10.9. The van der Waals surface area contributed by atoms with Gasteiger partial charge in [0.1, 0.15) is 0 Å². The number of aromatic nitrogens is 1. The number of rotatable bonds is 2. The van der Waals surface area contributed by atoms with E-state index in [1.165, 1.54) is 64.6 Å². The summed E-state index contributed by atoms with van der Waals surface area (Å²) in [5, 5.41) is 16.1. The predicted octanol–water partition coefficient (Wildman–Crippen LogP) is 12.4. The number of allylic oxidation sites excluding steroid dienone is 2. The molecule has 0 bridgehead atoms. The Kier molecular flexibility index (Phi) is 6.14. The molecule has 58 heavy (non-hydrogen) atoms. The van der Waals surface area contributed by atoms with Crippen molar-refractivity contribution >= 4 is 103 Å². The molecule has 2 atom stereocenters. The Morgan fingerprint density at radius 1 is 0.500 bits per heavy atom. The second-order valence-electron chi connectivity index (χ2n) is 16.4. The highest BCUT2D eigenvalue weighted by atomic mass is 16.1. The second-order valence-corrected chi connectivity index (χ2v) is 16.4. The Morgan fingerprint density at radius 3 is 1.60 bits per heavy atom. The molecule has 0 radical (unpaired) electrons. The van der Waals surface area contributed by atoms with E-state index in [1.54, 1.807) is 0 Å². The van der Waals surface area contributed by atoms with Gasteiger partial charge in [-0.05, 0) is 124 Å². The van der Waals surface area contributed by atoms with Crippen molar-refractivity contribution in [2.45, 2.75) is 6.04 Å². The average molecular weight is 743 g/mol.